The monoisotopic (exact) mass is 245 g/mol. The van der Waals surface area contributed by atoms with Crippen LogP contribution in [0.4, 0.5) is 9.41 Å². The van der Waals surface area contributed by atoms with Gasteiger partial charge in [0.2, 0.25) is 0 Å². The van der Waals surface area contributed by atoms with Crippen LogP contribution in [0.5, 0.6) is 0 Å². The number of rotatable bonds is 1. The number of hydrogen-bond donors (Lipinski definition) is 0. The van der Waals surface area contributed by atoms with E-state index in [1.165, 1.54) is 11.1 Å². The average Bonchev–Trinajstić information content (AvgIpc) is 2.47. The Kier molecular flexibility index (Phi) is 4.89. The van der Waals surface area contributed by atoms with E-state index in [-0.39, 0.29) is 13.1 Å². The van der Waals surface area contributed by atoms with Crippen molar-refractivity contribution in [2.75, 3.05) is 0 Å². The molecule has 1 atom stereocenters. The summed E-state index contributed by atoms with van der Waals surface area (Å²) in [6, 6.07) is 8.68. The molecule has 0 saturated heterocycles. The summed E-state index contributed by atoms with van der Waals surface area (Å²) in [5.74, 6) is 0.660. The molecule has 1 aliphatic carbocycles. The van der Waals surface area contributed by atoms with Gasteiger partial charge in [-0.1, -0.05) is 0 Å². The summed E-state index contributed by atoms with van der Waals surface area (Å²) in [5.41, 5.74) is 2.86. The first-order chi connectivity index (χ1) is 6.14. The van der Waals surface area contributed by atoms with Gasteiger partial charge in [0.05, 0.1) is 0 Å². The first-order valence-electron chi connectivity index (χ1n) is 4.68. The van der Waals surface area contributed by atoms with Crippen LogP contribution in [0.3, 0.4) is 0 Å². The molecule has 0 N–H and O–H groups in total. The van der Waals surface area contributed by atoms with E-state index in [1.54, 1.807) is 0 Å². The van der Waals surface area contributed by atoms with Crippen LogP contribution in [0.25, 0.3) is 6.08 Å². The molecule has 1 aliphatic rings. The predicted molar refractivity (Wildman–Crippen MR) is 57.0 cm³/mol. The smallest absolute Gasteiger partial charge is 0.269 e. The van der Waals surface area contributed by atoms with Crippen LogP contribution >= 0.6 is 0 Å². The van der Waals surface area contributed by atoms with Gasteiger partial charge in [0.1, 0.15) is 0 Å². The Balaban J connectivity index is 0.000000980. The molecule has 0 nitrogen and oxygen atoms in total. The molecule has 81 valence electrons. The van der Waals surface area contributed by atoms with E-state index in [0.717, 1.165) is 0 Å². The minimum atomic E-state index is 0. The zero-order valence-electron chi connectivity index (χ0n) is 8.86. The van der Waals surface area contributed by atoms with Gasteiger partial charge in [-0.3, -0.25) is 9.41 Å². The standard InChI is InChI=1S/C12H13.2FH.Ti/c1-9(2)11-8-7-10-5-3-4-6-12(10)11;;;/h3-9H,1-2H3;2*1H;. The van der Waals surface area contributed by atoms with Crippen molar-refractivity contribution in [2.24, 2.45) is 5.92 Å². The van der Waals surface area contributed by atoms with E-state index >= 15 is 0 Å². The molecule has 15 heavy (non-hydrogen) atoms. The Morgan fingerprint density at radius 2 is 1.73 bits per heavy atom. The third-order valence-electron chi connectivity index (χ3n) is 2.84. The quantitative estimate of drug-likeness (QED) is 0.665. The van der Waals surface area contributed by atoms with Crippen LogP contribution in [0.1, 0.15) is 25.0 Å². The fourth-order valence-corrected chi connectivity index (χ4v) is 2.32. The average molecular weight is 245 g/mol. The van der Waals surface area contributed by atoms with Gasteiger partial charge in [0, 0.05) is 0 Å². The van der Waals surface area contributed by atoms with Gasteiger partial charge in [-0.05, 0) is 0 Å². The van der Waals surface area contributed by atoms with Crippen molar-refractivity contribution in [1.29, 1.82) is 0 Å². The van der Waals surface area contributed by atoms with Crippen molar-refractivity contribution in [3.05, 3.63) is 41.5 Å². The second-order valence-electron chi connectivity index (χ2n) is 3.94. The summed E-state index contributed by atoms with van der Waals surface area (Å²) in [6.07, 6.45) is 4.58. The van der Waals surface area contributed by atoms with Crippen LogP contribution in [0, 0.1) is 5.92 Å². The molecule has 3 heteroatoms. The normalized spacial score (nSPS) is 21.7. The van der Waals surface area contributed by atoms with Gasteiger partial charge >= 0.3 is 91.5 Å². The molecule has 0 amide bonds. The zero-order valence-corrected chi connectivity index (χ0v) is 10.4. The Labute approximate surface area is 101 Å². The van der Waals surface area contributed by atoms with Gasteiger partial charge in [-0.2, -0.15) is 0 Å². The second kappa shape index (κ2) is 5.04. The number of allylic oxidation sites excluding steroid dienone is 1. The molecular formula is C12H15F2Ti. The Bertz CT molecular complexity index is 360. The maximum Gasteiger partial charge on any atom is -0.269 e. The molecule has 0 fully saturated rings. The number of benzene rings is 1. The molecule has 1 aromatic carbocycles. The van der Waals surface area contributed by atoms with E-state index in [2.05, 4.69) is 70.7 Å². The van der Waals surface area contributed by atoms with Crippen molar-refractivity contribution < 1.29 is 29.8 Å². The zero-order chi connectivity index (χ0) is 9.47. The predicted octanol–water partition coefficient (Wildman–Crippen LogP) is 3.42. The van der Waals surface area contributed by atoms with Crippen molar-refractivity contribution in [3.63, 3.8) is 0 Å². The van der Waals surface area contributed by atoms with E-state index in [9.17, 15) is 0 Å². The van der Waals surface area contributed by atoms with Crippen LogP contribution in [0.15, 0.2) is 30.3 Å². The molecule has 0 bridgehead atoms. The Hall–Kier alpha value is -0.466. The third kappa shape index (κ3) is 2.21. The summed E-state index contributed by atoms with van der Waals surface area (Å²) in [5, 5.41) is 0. The maximum absolute atomic E-state index is 2.34. The summed E-state index contributed by atoms with van der Waals surface area (Å²) in [7, 11) is 0. The summed E-state index contributed by atoms with van der Waals surface area (Å²) in [4.78, 5) is 0. The van der Waals surface area contributed by atoms with Gasteiger partial charge in [0.15, 0.2) is 0 Å². The van der Waals surface area contributed by atoms with Crippen LogP contribution in [0.2, 0.25) is 0 Å². The van der Waals surface area contributed by atoms with Crippen LogP contribution < -0.4 is 0 Å². The number of hydrogen-bond acceptors (Lipinski definition) is 0. The molecule has 0 aliphatic heterocycles. The number of halogens is 2. The molecular weight excluding hydrogens is 230 g/mol. The Morgan fingerprint density at radius 3 is 2.33 bits per heavy atom. The Morgan fingerprint density at radius 1 is 1.13 bits per heavy atom. The van der Waals surface area contributed by atoms with E-state index < -0.39 is 0 Å². The van der Waals surface area contributed by atoms with Crippen molar-refractivity contribution in [3.8, 4) is 0 Å². The van der Waals surface area contributed by atoms with E-state index in [1.807, 2.05) is 0 Å². The minimum absolute atomic E-state index is 0. The van der Waals surface area contributed by atoms with Gasteiger partial charge in [-0.25, -0.2) is 0 Å². The largest absolute Gasteiger partial charge is 0.269 e. The second-order valence-corrected chi connectivity index (χ2v) is 5.24. The first kappa shape index (κ1) is 14.5. The molecule has 0 heterocycles. The minimum Gasteiger partial charge on any atom is -0.269 e. The first-order valence-corrected chi connectivity index (χ1v) is 5.46. The molecule has 0 aromatic heterocycles. The van der Waals surface area contributed by atoms with Crippen molar-refractivity contribution >= 4 is 6.08 Å². The molecule has 1 aromatic rings. The van der Waals surface area contributed by atoms with Crippen LogP contribution in [-0.4, -0.2) is 0 Å². The third-order valence-corrected chi connectivity index (χ3v) is 4.43. The van der Waals surface area contributed by atoms with E-state index in [0.29, 0.717) is 5.92 Å². The van der Waals surface area contributed by atoms with Gasteiger partial charge < -0.3 is 0 Å². The van der Waals surface area contributed by atoms with Crippen molar-refractivity contribution in [2.45, 2.75) is 17.6 Å². The SMILES string of the molecule is CC(C)[C]1([Ti])C=Cc2ccccc21.F.F. The van der Waals surface area contributed by atoms with Crippen molar-refractivity contribution in [1.82, 2.24) is 0 Å². The number of fused-ring (bicyclic) bond motifs is 1. The molecule has 2 rings (SSSR count). The summed E-state index contributed by atoms with van der Waals surface area (Å²) >= 11 is 2.32. The fraction of sp³-hybridized carbons (Fsp3) is 0.333. The molecule has 0 spiro atoms. The maximum atomic E-state index is 2.34. The summed E-state index contributed by atoms with van der Waals surface area (Å²) < 4.78 is 0.247. The molecule has 1 unspecified atom stereocenters. The van der Waals surface area contributed by atoms with E-state index in [4.69, 9.17) is 0 Å². The topological polar surface area (TPSA) is 0 Å². The fourth-order valence-electron chi connectivity index (χ4n) is 1.83. The molecule has 0 radical (unpaired) electrons. The van der Waals surface area contributed by atoms with Gasteiger partial charge in [0.25, 0.3) is 0 Å². The van der Waals surface area contributed by atoms with Crippen LogP contribution in [-0.2, 0) is 24.2 Å². The summed E-state index contributed by atoms with van der Waals surface area (Å²) in [6.45, 7) is 4.57. The molecule has 0 saturated carbocycles. The van der Waals surface area contributed by atoms with Gasteiger partial charge in [-0.15, -0.1) is 0 Å².